The Kier molecular flexibility index (Phi) is 7.18. The van der Waals surface area contributed by atoms with E-state index in [0.29, 0.717) is 12.5 Å². The number of likely N-dealkylation sites (tertiary alicyclic amines) is 1. The van der Waals surface area contributed by atoms with E-state index in [4.69, 9.17) is 4.74 Å². The maximum Gasteiger partial charge on any atom is 0.246 e. The molecule has 0 saturated carbocycles. The Hall–Kier alpha value is -1.99. The molecule has 0 radical (unpaired) electrons. The summed E-state index contributed by atoms with van der Waals surface area (Å²) in [7, 11) is 3.80. The third-order valence-corrected chi connectivity index (χ3v) is 5.05. The lowest BCUT2D eigenvalue weighted by molar-refractivity contribution is -0.126. The number of anilines is 1. The molecule has 1 aromatic rings. The summed E-state index contributed by atoms with van der Waals surface area (Å²) >= 11 is 0. The molecule has 0 aromatic carbocycles. The normalized spacial score (nSPS) is 22.0. The molecule has 7 nitrogen and oxygen atoms in total. The Bertz CT molecular complexity index is 626. The van der Waals surface area contributed by atoms with Crippen LogP contribution in [0.25, 0.3) is 6.08 Å². The van der Waals surface area contributed by atoms with Crippen molar-refractivity contribution in [2.75, 3.05) is 58.3 Å². The lowest BCUT2D eigenvalue weighted by Crippen LogP contribution is -2.43. The molecular formula is C20H31N5O2. The quantitative estimate of drug-likeness (QED) is 0.732. The predicted molar refractivity (Wildman–Crippen MR) is 107 cm³/mol. The first-order valence-corrected chi connectivity index (χ1v) is 9.92. The van der Waals surface area contributed by atoms with Crippen molar-refractivity contribution in [2.24, 2.45) is 0 Å². The molecule has 2 saturated heterocycles. The molecular weight excluding hydrogens is 342 g/mol. The number of nitrogens with zero attached hydrogens (tertiary/aromatic N) is 5. The van der Waals surface area contributed by atoms with Crippen molar-refractivity contribution in [1.82, 2.24) is 19.8 Å². The first kappa shape index (κ1) is 19.8. The average Bonchev–Trinajstić information content (AvgIpc) is 2.93. The van der Waals surface area contributed by atoms with Crippen LogP contribution in [0.15, 0.2) is 18.5 Å². The second-order valence-electron chi connectivity index (χ2n) is 7.54. The van der Waals surface area contributed by atoms with Crippen LogP contribution < -0.4 is 4.90 Å². The maximum absolute atomic E-state index is 12.7. The third kappa shape index (κ3) is 6.01. The van der Waals surface area contributed by atoms with Crippen LogP contribution in [0.3, 0.4) is 0 Å². The van der Waals surface area contributed by atoms with E-state index < -0.39 is 0 Å². The van der Waals surface area contributed by atoms with E-state index in [1.165, 1.54) is 19.3 Å². The number of amides is 1. The molecule has 148 valence electrons. The maximum atomic E-state index is 12.7. The van der Waals surface area contributed by atoms with E-state index >= 15 is 0 Å². The largest absolute Gasteiger partial charge is 0.375 e. The Balaban J connectivity index is 1.55. The first-order valence-electron chi connectivity index (χ1n) is 9.92. The highest BCUT2D eigenvalue weighted by atomic mass is 16.5. The van der Waals surface area contributed by atoms with Gasteiger partial charge in [-0.3, -0.25) is 4.79 Å². The average molecular weight is 374 g/mol. The van der Waals surface area contributed by atoms with E-state index in [-0.39, 0.29) is 12.0 Å². The molecule has 2 aliphatic rings. The zero-order chi connectivity index (χ0) is 19.1. The standard InChI is InChI=1S/C20H31N5O2/c1-23(2)20-21-13-17(14-22-20)7-8-19(26)25-11-6-12-27-18(16-25)15-24-9-4-3-5-10-24/h7-8,13-14,18H,3-6,9-12,15-16H2,1-2H3. The van der Waals surface area contributed by atoms with Crippen molar-refractivity contribution in [1.29, 1.82) is 0 Å². The Morgan fingerprint density at radius 1 is 1.19 bits per heavy atom. The number of hydrogen-bond donors (Lipinski definition) is 0. The highest BCUT2D eigenvalue weighted by molar-refractivity contribution is 5.91. The van der Waals surface area contributed by atoms with Gasteiger partial charge >= 0.3 is 0 Å². The van der Waals surface area contributed by atoms with Crippen LogP contribution in [0.1, 0.15) is 31.2 Å². The topological polar surface area (TPSA) is 61.8 Å². The lowest BCUT2D eigenvalue weighted by Gasteiger charge is -2.31. The molecule has 1 amide bonds. The smallest absolute Gasteiger partial charge is 0.246 e. The lowest BCUT2D eigenvalue weighted by atomic mass is 10.1. The summed E-state index contributed by atoms with van der Waals surface area (Å²) in [6.07, 6.45) is 11.7. The van der Waals surface area contributed by atoms with E-state index in [9.17, 15) is 4.79 Å². The van der Waals surface area contributed by atoms with Gasteiger partial charge in [-0.05, 0) is 38.4 Å². The number of carbonyl (C=O) groups excluding carboxylic acids is 1. The zero-order valence-electron chi connectivity index (χ0n) is 16.5. The van der Waals surface area contributed by atoms with Crippen LogP contribution >= 0.6 is 0 Å². The molecule has 0 spiro atoms. The summed E-state index contributed by atoms with van der Waals surface area (Å²) < 4.78 is 6.00. The monoisotopic (exact) mass is 373 g/mol. The van der Waals surface area contributed by atoms with Gasteiger partial charge in [0.25, 0.3) is 0 Å². The van der Waals surface area contributed by atoms with Crippen LogP contribution in [0.4, 0.5) is 5.95 Å². The van der Waals surface area contributed by atoms with Crippen molar-refractivity contribution in [3.8, 4) is 0 Å². The van der Waals surface area contributed by atoms with Crippen molar-refractivity contribution in [3.05, 3.63) is 24.0 Å². The van der Waals surface area contributed by atoms with Crippen LogP contribution in [-0.4, -0.2) is 85.2 Å². The zero-order valence-corrected chi connectivity index (χ0v) is 16.5. The number of aromatic nitrogens is 2. The summed E-state index contributed by atoms with van der Waals surface area (Å²) in [5.74, 6) is 0.685. The molecule has 27 heavy (non-hydrogen) atoms. The molecule has 7 heteroatoms. The Morgan fingerprint density at radius 3 is 2.63 bits per heavy atom. The van der Waals surface area contributed by atoms with Gasteiger partial charge in [-0.1, -0.05) is 6.42 Å². The molecule has 1 aromatic heterocycles. The molecule has 2 aliphatic heterocycles. The van der Waals surface area contributed by atoms with Gasteiger partial charge in [0.15, 0.2) is 0 Å². The molecule has 3 heterocycles. The van der Waals surface area contributed by atoms with E-state index in [1.54, 1.807) is 24.5 Å². The van der Waals surface area contributed by atoms with Gasteiger partial charge in [-0.25, -0.2) is 9.97 Å². The molecule has 0 aliphatic carbocycles. The molecule has 0 bridgehead atoms. The van der Waals surface area contributed by atoms with Gasteiger partial charge in [0.2, 0.25) is 11.9 Å². The summed E-state index contributed by atoms with van der Waals surface area (Å²) in [5, 5.41) is 0. The minimum absolute atomic E-state index is 0.0285. The third-order valence-electron chi connectivity index (χ3n) is 5.05. The molecule has 0 N–H and O–H groups in total. The molecule has 2 fully saturated rings. The second kappa shape index (κ2) is 9.80. The minimum atomic E-state index is 0.0285. The first-order chi connectivity index (χ1) is 13.1. The predicted octanol–water partition coefficient (Wildman–Crippen LogP) is 1.66. The van der Waals surface area contributed by atoms with Crippen LogP contribution in [-0.2, 0) is 9.53 Å². The number of carbonyl (C=O) groups is 1. The van der Waals surface area contributed by atoms with Gasteiger partial charge in [0.05, 0.1) is 6.10 Å². The Labute approximate surface area is 162 Å². The van der Waals surface area contributed by atoms with E-state index in [1.807, 2.05) is 23.9 Å². The van der Waals surface area contributed by atoms with Crippen molar-refractivity contribution in [2.45, 2.75) is 31.8 Å². The van der Waals surface area contributed by atoms with Gasteiger partial charge in [0, 0.05) is 64.4 Å². The Morgan fingerprint density at radius 2 is 1.93 bits per heavy atom. The van der Waals surface area contributed by atoms with Gasteiger partial charge in [0.1, 0.15) is 0 Å². The van der Waals surface area contributed by atoms with Crippen molar-refractivity contribution in [3.63, 3.8) is 0 Å². The molecule has 1 unspecified atom stereocenters. The number of piperidine rings is 1. The van der Waals surface area contributed by atoms with Crippen molar-refractivity contribution < 1.29 is 9.53 Å². The number of rotatable bonds is 5. The summed E-state index contributed by atoms with van der Waals surface area (Å²) in [6.45, 7) is 5.36. The fourth-order valence-electron chi connectivity index (χ4n) is 3.56. The van der Waals surface area contributed by atoms with Gasteiger partial charge in [-0.15, -0.1) is 0 Å². The van der Waals surface area contributed by atoms with Gasteiger partial charge in [-0.2, -0.15) is 0 Å². The molecule has 3 rings (SSSR count). The van der Waals surface area contributed by atoms with Crippen molar-refractivity contribution >= 4 is 17.9 Å². The highest BCUT2D eigenvalue weighted by Gasteiger charge is 2.24. The fraction of sp³-hybridized carbons (Fsp3) is 0.650. The SMILES string of the molecule is CN(C)c1ncc(C=CC(=O)N2CCCOC(CN3CCCCC3)C2)cn1. The van der Waals surface area contributed by atoms with Crippen LogP contribution in [0.5, 0.6) is 0 Å². The van der Waals surface area contributed by atoms with Crippen LogP contribution in [0.2, 0.25) is 0 Å². The summed E-state index contributed by atoms with van der Waals surface area (Å²) in [5.41, 5.74) is 0.824. The minimum Gasteiger partial charge on any atom is -0.375 e. The number of ether oxygens (including phenoxy) is 1. The fourth-order valence-corrected chi connectivity index (χ4v) is 3.56. The number of hydrogen-bond acceptors (Lipinski definition) is 6. The van der Waals surface area contributed by atoms with E-state index in [2.05, 4.69) is 14.9 Å². The highest BCUT2D eigenvalue weighted by Crippen LogP contribution is 2.13. The summed E-state index contributed by atoms with van der Waals surface area (Å²) in [6, 6.07) is 0. The summed E-state index contributed by atoms with van der Waals surface area (Å²) in [4.78, 5) is 27.4. The van der Waals surface area contributed by atoms with Gasteiger partial charge < -0.3 is 19.4 Å². The van der Waals surface area contributed by atoms with E-state index in [0.717, 1.165) is 44.8 Å². The molecule has 1 atom stereocenters. The second-order valence-corrected chi connectivity index (χ2v) is 7.54. The van der Waals surface area contributed by atoms with Crippen LogP contribution in [0, 0.1) is 0 Å².